The topological polar surface area (TPSA) is 61.4 Å². The van der Waals surface area contributed by atoms with E-state index in [1.807, 2.05) is 30.3 Å². The first kappa shape index (κ1) is 17.0. The van der Waals surface area contributed by atoms with E-state index >= 15 is 0 Å². The van der Waals surface area contributed by atoms with Crippen molar-refractivity contribution >= 4 is 11.8 Å². The Bertz CT molecular complexity index is 555. The number of rotatable bonds is 5. The molecule has 5 nitrogen and oxygen atoms in total. The number of benzene rings is 1. The van der Waals surface area contributed by atoms with E-state index in [1.54, 1.807) is 4.90 Å². The number of carbonyl (C=O) groups is 2. The molecular weight excluding hydrogens is 302 g/mol. The molecule has 2 unspecified atom stereocenters. The Morgan fingerprint density at radius 1 is 1.17 bits per heavy atom. The lowest BCUT2D eigenvalue weighted by Crippen LogP contribution is -2.48. The van der Waals surface area contributed by atoms with E-state index in [-0.39, 0.29) is 17.9 Å². The largest absolute Gasteiger partial charge is 0.354 e. The van der Waals surface area contributed by atoms with Gasteiger partial charge in [0.25, 0.3) is 0 Å². The number of amides is 2. The van der Waals surface area contributed by atoms with Crippen molar-refractivity contribution in [1.82, 2.24) is 15.5 Å². The number of likely N-dealkylation sites (tertiary alicyclic amines) is 1. The first-order valence-corrected chi connectivity index (χ1v) is 9.06. The predicted molar refractivity (Wildman–Crippen MR) is 93.5 cm³/mol. The summed E-state index contributed by atoms with van der Waals surface area (Å²) in [5.41, 5.74) is 1.00. The highest BCUT2D eigenvalue weighted by Crippen LogP contribution is 2.19. The zero-order valence-corrected chi connectivity index (χ0v) is 14.2. The second-order valence-corrected chi connectivity index (χ2v) is 6.87. The number of hydrogen-bond acceptors (Lipinski definition) is 3. The molecule has 0 spiro atoms. The third kappa shape index (κ3) is 4.35. The number of carbonyl (C=O) groups excluding carboxylic acids is 2. The number of nitrogens with one attached hydrogen (secondary N) is 2. The van der Waals surface area contributed by atoms with E-state index in [0.29, 0.717) is 25.4 Å². The lowest BCUT2D eigenvalue weighted by Gasteiger charge is -2.26. The lowest BCUT2D eigenvalue weighted by molar-refractivity contribution is -0.138. The van der Waals surface area contributed by atoms with Gasteiger partial charge in [0.15, 0.2) is 0 Å². The van der Waals surface area contributed by atoms with Crippen LogP contribution >= 0.6 is 0 Å². The van der Waals surface area contributed by atoms with Gasteiger partial charge >= 0.3 is 0 Å². The van der Waals surface area contributed by atoms with Gasteiger partial charge in [-0.1, -0.05) is 30.3 Å². The Balaban J connectivity index is 1.52. The summed E-state index contributed by atoms with van der Waals surface area (Å²) in [7, 11) is 0. The smallest absolute Gasteiger partial charge is 0.242 e. The lowest BCUT2D eigenvalue weighted by atomic mass is 9.99. The summed E-state index contributed by atoms with van der Waals surface area (Å²) in [6.07, 6.45) is 4.39. The Hall–Kier alpha value is -1.88. The molecule has 2 N–H and O–H groups in total. The fourth-order valence-corrected chi connectivity index (χ4v) is 3.67. The van der Waals surface area contributed by atoms with E-state index in [4.69, 9.17) is 0 Å². The summed E-state index contributed by atoms with van der Waals surface area (Å²) in [6, 6.07) is 9.44. The molecule has 0 aliphatic carbocycles. The van der Waals surface area contributed by atoms with Gasteiger partial charge < -0.3 is 15.5 Å². The van der Waals surface area contributed by atoms with Gasteiger partial charge in [0, 0.05) is 13.1 Å². The summed E-state index contributed by atoms with van der Waals surface area (Å²) in [5.74, 6) is 0.579. The van der Waals surface area contributed by atoms with Gasteiger partial charge in [-0.05, 0) is 50.3 Å². The maximum atomic E-state index is 12.6. The van der Waals surface area contributed by atoms with Crippen LogP contribution in [-0.2, 0) is 16.0 Å². The van der Waals surface area contributed by atoms with E-state index in [2.05, 4.69) is 10.6 Å². The molecule has 0 radical (unpaired) electrons. The summed E-state index contributed by atoms with van der Waals surface area (Å²) in [5, 5.41) is 6.44. The van der Waals surface area contributed by atoms with Crippen molar-refractivity contribution in [3.05, 3.63) is 35.9 Å². The Labute approximate surface area is 143 Å². The van der Waals surface area contributed by atoms with Crippen LogP contribution in [0.4, 0.5) is 0 Å². The average Bonchev–Trinajstić information content (AvgIpc) is 3.11. The van der Waals surface area contributed by atoms with Crippen molar-refractivity contribution in [2.75, 3.05) is 26.2 Å². The minimum absolute atomic E-state index is 0.0134. The van der Waals surface area contributed by atoms with Crippen molar-refractivity contribution in [2.24, 2.45) is 5.92 Å². The van der Waals surface area contributed by atoms with Gasteiger partial charge in [-0.2, -0.15) is 0 Å². The van der Waals surface area contributed by atoms with Crippen LogP contribution in [0, 0.1) is 5.92 Å². The molecule has 5 heteroatoms. The molecule has 1 aromatic carbocycles. The average molecular weight is 329 g/mol. The summed E-state index contributed by atoms with van der Waals surface area (Å²) < 4.78 is 0. The fraction of sp³-hybridized carbons (Fsp3) is 0.579. The Morgan fingerprint density at radius 2 is 2.00 bits per heavy atom. The molecule has 3 rings (SSSR count). The summed E-state index contributed by atoms with van der Waals surface area (Å²) >= 11 is 0. The van der Waals surface area contributed by atoms with Crippen molar-refractivity contribution in [2.45, 2.75) is 38.1 Å². The van der Waals surface area contributed by atoms with Crippen molar-refractivity contribution in [3.8, 4) is 0 Å². The van der Waals surface area contributed by atoms with Crippen LogP contribution in [0.3, 0.4) is 0 Å². The standard InChI is InChI=1S/C19H27N3O2/c23-18(12-15-6-2-1-3-7-15)22-11-5-9-17(22)19(24)21-14-16-8-4-10-20-13-16/h1-3,6-7,16-17,20H,4-5,8-14H2,(H,21,24). The predicted octanol–water partition coefficient (Wildman–Crippen LogP) is 1.34. The first-order valence-electron chi connectivity index (χ1n) is 9.06. The fourth-order valence-electron chi connectivity index (χ4n) is 3.67. The highest BCUT2D eigenvalue weighted by atomic mass is 16.2. The quantitative estimate of drug-likeness (QED) is 0.857. The third-order valence-corrected chi connectivity index (χ3v) is 5.04. The van der Waals surface area contributed by atoms with E-state index in [0.717, 1.165) is 37.9 Å². The molecule has 2 aliphatic heterocycles. The molecule has 0 saturated carbocycles. The first-order chi connectivity index (χ1) is 11.7. The zero-order valence-electron chi connectivity index (χ0n) is 14.2. The minimum atomic E-state index is -0.294. The molecule has 0 aromatic heterocycles. The molecule has 1 aromatic rings. The summed E-state index contributed by atoms with van der Waals surface area (Å²) in [6.45, 7) is 3.45. The van der Waals surface area contributed by atoms with Crippen molar-refractivity contribution < 1.29 is 9.59 Å². The number of piperidine rings is 1. The molecule has 2 fully saturated rings. The normalized spacial score (nSPS) is 23.9. The van der Waals surface area contributed by atoms with Crippen LogP contribution in [0.1, 0.15) is 31.2 Å². The van der Waals surface area contributed by atoms with E-state index < -0.39 is 0 Å². The van der Waals surface area contributed by atoms with Crippen LogP contribution in [0.5, 0.6) is 0 Å². The van der Waals surface area contributed by atoms with Crippen molar-refractivity contribution in [3.63, 3.8) is 0 Å². The second kappa shape index (κ2) is 8.29. The van der Waals surface area contributed by atoms with Gasteiger partial charge in [0.1, 0.15) is 6.04 Å². The van der Waals surface area contributed by atoms with Crippen molar-refractivity contribution in [1.29, 1.82) is 0 Å². The second-order valence-electron chi connectivity index (χ2n) is 6.87. The van der Waals surface area contributed by atoms with Gasteiger partial charge in [-0.3, -0.25) is 9.59 Å². The highest BCUT2D eigenvalue weighted by molar-refractivity contribution is 5.89. The molecule has 24 heavy (non-hydrogen) atoms. The Kier molecular flexibility index (Phi) is 5.86. The molecule has 2 saturated heterocycles. The number of nitrogens with zero attached hydrogens (tertiary/aromatic N) is 1. The molecular formula is C19H27N3O2. The van der Waals surface area contributed by atoms with Crippen LogP contribution in [-0.4, -0.2) is 48.9 Å². The molecule has 2 aliphatic rings. The molecule has 2 heterocycles. The van der Waals surface area contributed by atoms with Crippen LogP contribution in [0.25, 0.3) is 0 Å². The maximum absolute atomic E-state index is 12.6. The van der Waals surface area contributed by atoms with Crippen LogP contribution in [0.15, 0.2) is 30.3 Å². The summed E-state index contributed by atoms with van der Waals surface area (Å²) in [4.78, 5) is 26.9. The highest BCUT2D eigenvalue weighted by Gasteiger charge is 2.34. The monoisotopic (exact) mass is 329 g/mol. The van der Waals surface area contributed by atoms with Gasteiger partial charge in [0.05, 0.1) is 6.42 Å². The van der Waals surface area contributed by atoms with Crippen LogP contribution < -0.4 is 10.6 Å². The van der Waals surface area contributed by atoms with Gasteiger partial charge in [-0.15, -0.1) is 0 Å². The van der Waals surface area contributed by atoms with Gasteiger partial charge in [-0.25, -0.2) is 0 Å². The van der Waals surface area contributed by atoms with E-state index in [9.17, 15) is 9.59 Å². The van der Waals surface area contributed by atoms with Crippen LogP contribution in [0.2, 0.25) is 0 Å². The molecule has 130 valence electrons. The number of hydrogen-bond donors (Lipinski definition) is 2. The molecule has 0 bridgehead atoms. The van der Waals surface area contributed by atoms with E-state index in [1.165, 1.54) is 6.42 Å². The SMILES string of the molecule is O=C(NCC1CCCNC1)C1CCCN1C(=O)Cc1ccccc1. The minimum Gasteiger partial charge on any atom is -0.354 e. The third-order valence-electron chi connectivity index (χ3n) is 5.04. The molecule has 2 atom stereocenters. The maximum Gasteiger partial charge on any atom is 0.242 e. The zero-order chi connectivity index (χ0) is 16.8. The van der Waals surface area contributed by atoms with Gasteiger partial charge in [0.2, 0.25) is 11.8 Å². The Morgan fingerprint density at radius 3 is 2.75 bits per heavy atom. The molecule has 2 amide bonds.